The van der Waals surface area contributed by atoms with Crippen molar-refractivity contribution < 1.29 is 34.2 Å². The molecule has 0 radical (unpaired) electrons. The number of nitrogens with one attached hydrogen (secondary N) is 4. The van der Waals surface area contributed by atoms with Gasteiger partial charge < -0.3 is 31.1 Å². The van der Waals surface area contributed by atoms with Crippen molar-refractivity contribution in [1.82, 2.24) is 20.6 Å². The molecule has 4 rings (SSSR count). The summed E-state index contributed by atoms with van der Waals surface area (Å²) in [5.74, 6) is -3.76. The van der Waals surface area contributed by atoms with Crippen LogP contribution < -0.4 is 16.0 Å². The molecule has 1 aliphatic carbocycles. The number of nitrogens with zero attached hydrogens (tertiary/aromatic N) is 1. The normalized spacial score (nSPS) is 13.8. The van der Waals surface area contributed by atoms with E-state index in [0.717, 1.165) is 43.9 Å². The lowest BCUT2D eigenvalue weighted by molar-refractivity contribution is -0.116. The van der Waals surface area contributed by atoms with Crippen molar-refractivity contribution in [3.63, 3.8) is 0 Å². The average molecular weight is 550 g/mol. The molecule has 3 amide bonds. The molecule has 1 aromatic heterocycles. The number of benzene rings is 2. The number of aromatic amines is 1. The van der Waals surface area contributed by atoms with Crippen LogP contribution in [0.3, 0.4) is 0 Å². The molecule has 0 aliphatic heterocycles. The molecule has 40 heavy (non-hydrogen) atoms. The van der Waals surface area contributed by atoms with Crippen molar-refractivity contribution in [2.24, 2.45) is 5.92 Å². The second-order valence-corrected chi connectivity index (χ2v) is 9.85. The number of hydrogen-bond donors (Lipinski definition) is 6. The Kier molecular flexibility index (Phi) is 9.10. The van der Waals surface area contributed by atoms with Gasteiger partial charge in [-0.05, 0) is 49.1 Å². The summed E-state index contributed by atoms with van der Waals surface area (Å²) in [6.07, 6.45) is 8.13. The third-order valence-corrected chi connectivity index (χ3v) is 6.92. The Morgan fingerprint density at radius 1 is 0.825 bits per heavy atom. The van der Waals surface area contributed by atoms with Crippen LogP contribution in [0.2, 0.25) is 0 Å². The van der Waals surface area contributed by atoms with Gasteiger partial charge in [-0.1, -0.05) is 25.7 Å². The summed E-state index contributed by atoms with van der Waals surface area (Å²) in [6, 6.07) is 6.38. The number of imidazole rings is 1. The number of H-pyrrole nitrogens is 1. The molecule has 1 aliphatic rings. The van der Waals surface area contributed by atoms with E-state index >= 15 is 0 Å². The number of carboxylic acids is 2. The Morgan fingerprint density at radius 3 is 2.10 bits per heavy atom. The van der Waals surface area contributed by atoms with Gasteiger partial charge in [-0.3, -0.25) is 14.4 Å². The van der Waals surface area contributed by atoms with Crippen LogP contribution in [0, 0.1) is 5.92 Å². The smallest absolute Gasteiger partial charge is 0.335 e. The first-order valence-corrected chi connectivity index (χ1v) is 13.2. The largest absolute Gasteiger partial charge is 0.478 e. The number of carboxylic acid groups (broad SMARTS) is 2. The summed E-state index contributed by atoms with van der Waals surface area (Å²) in [6.45, 7) is 0.449. The standard InChI is InChI=1S/C28H31N5O7/c34-24(33-19-10-17(27(37)38)9-18(11-19)28(39)40)7-8-29-25(35)20-12-22-23(32-15-31-22)13-21(20)26(36)30-14-16-5-3-1-2-4-6-16/h9-13,15-16H,1-8,14H2,(H,29,35)(H,30,36)(H,31,32)(H,33,34)(H,37,38)(H,39,40). The van der Waals surface area contributed by atoms with Crippen LogP contribution in [0.5, 0.6) is 0 Å². The lowest BCUT2D eigenvalue weighted by Crippen LogP contribution is -2.33. The molecule has 2 aromatic carbocycles. The van der Waals surface area contributed by atoms with Gasteiger partial charge in [-0.25, -0.2) is 14.6 Å². The number of anilines is 1. The summed E-state index contributed by atoms with van der Waals surface area (Å²) in [5, 5.41) is 26.5. The maximum absolute atomic E-state index is 13.1. The second-order valence-electron chi connectivity index (χ2n) is 9.85. The van der Waals surface area contributed by atoms with Crippen LogP contribution in [-0.4, -0.2) is 62.9 Å². The average Bonchev–Trinajstić information content (AvgIpc) is 3.23. The Bertz CT molecular complexity index is 1410. The minimum Gasteiger partial charge on any atom is -0.478 e. The number of carbonyl (C=O) groups excluding carboxylic acids is 3. The Hall–Kier alpha value is -4.74. The zero-order chi connectivity index (χ0) is 28.6. The molecule has 0 saturated heterocycles. The first-order chi connectivity index (χ1) is 19.2. The van der Waals surface area contributed by atoms with Crippen molar-refractivity contribution >= 4 is 46.4 Å². The fourth-order valence-corrected chi connectivity index (χ4v) is 4.81. The predicted octanol–water partition coefficient (Wildman–Crippen LogP) is 3.42. The molecule has 0 unspecified atom stereocenters. The number of amides is 3. The molecule has 0 atom stereocenters. The second kappa shape index (κ2) is 12.9. The molecule has 0 bridgehead atoms. The Labute approximate surface area is 229 Å². The van der Waals surface area contributed by atoms with Gasteiger partial charge in [0.25, 0.3) is 11.8 Å². The Morgan fingerprint density at radius 2 is 1.45 bits per heavy atom. The lowest BCUT2D eigenvalue weighted by Gasteiger charge is -2.16. The highest BCUT2D eigenvalue weighted by Gasteiger charge is 2.21. The van der Waals surface area contributed by atoms with Crippen LogP contribution in [-0.2, 0) is 4.79 Å². The zero-order valence-corrected chi connectivity index (χ0v) is 21.8. The van der Waals surface area contributed by atoms with Crippen LogP contribution in [0.4, 0.5) is 5.69 Å². The van der Waals surface area contributed by atoms with Crippen molar-refractivity contribution in [2.45, 2.75) is 44.9 Å². The highest BCUT2D eigenvalue weighted by atomic mass is 16.4. The molecule has 1 fully saturated rings. The first kappa shape index (κ1) is 28.3. The molecule has 0 spiro atoms. The van der Waals surface area contributed by atoms with Crippen LogP contribution in [0.1, 0.15) is 86.4 Å². The summed E-state index contributed by atoms with van der Waals surface area (Å²) in [4.78, 5) is 68.3. The number of aromatic nitrogens is 2. The Balaban J connectivity index is 1.39. The van der Waals surface area contributed by atoms with E-state index in [1.807, 2.05) is 0 Å². The lowest BCUT2D eigenvalue weighted by atomic mass is 9.99. The quantitative estimate of drug-likeness (QED) is 0.207. The van der Waals surface area contributed by atoms with Crippen molar-refractivity contribution in [1.29, 1.82) is 0 Å². The topological polar surface area (TPSA) is 191 Å². The number of hydrogen-bond acceptors (Lipinski definition) is 6. The van der Waals surface area contributed by atoms with Gasteiger partial charge >= 0.3 is 11.9 Å². The van der Waals surface area contributed by atoms with E-state index in [-0.39, 0.29) is 46.8 Å². The molecule has 1 saturated carbocycles. The van der Waals surface area contributed by atoms with Crippen molar-refractivity contribution in [3.8, 4) is 0 Å². The van der Waals surface area contributed by atoms with Gasteiger partial charge in [-0.15, -0.1) is 0 Å². The summed E-state index contributed by atoms with van der Waals surface area (Å²) in [7, 11) is 0. The van der Waals surface area contributed by atoms with Crippen LogP contribution in [0.25, 0.3) is 11.0 Å². The van der Waals surface area contributed by atoms with Gasteiger partial charge in [0.2, 0.25) is 5.91 Å². The molecule has 1 heterocycles. The number of fused-ring (bicyclic) bond motifs is 1. The number of carbonyl (C=O) groups is 5. The molecule has 6 N–H and O–H groups in total. The van der Waals surface area contributed by atoms with E-state index in [1.54, 1.807) is 6.07 Å². The van der Waals surface area contributed by atoms with E-state index in [9.17, 15) is 34.2 Å². The molecule has 12 nitrogen and oxygen atoms in total. The molecule has 3 aromatic rings. The predicted molar refractivity (Wildman–Crippen MR) is 146 cm³/mol. The minimum absolute atomic E-state index is 0.00485. The van der Waals surface area contributed by atoms with Gasteiger partial charge in [0.1, 0.15) is 0 Å². The number of aromatic carboxylic acids is 2. The highest BCUT2D eigenvalue weighted by Crippen LogP contribution is 2.23. The van der Waals surface area contributed by atoms with Crippen molar-refractivity contribution in [2.75, 3.05) is 18.4 Å². The van der Waals surface area contributed by atoms with Gasteiger partial charge in [-0.2, -0.15) is 0 Å². The molecule has 12 heteroatoms. The van der Waals surface area contributed by atoms with Crippen LogP contribution >= 0.6 is 0 Å². The van der Waals surface area contributed by atoms with E-state index in [1.165, 1.54) is 25.2 Å². The fraction of sp³-hybridized carbons (Fsp3) is 0.357. The molecular weight excluding hydrogens is 518 g/mol. The summed E-state index contributed by atoms with van der Waals surface area (Å²) >= 11 is 0. The fourth-order valence-electron chi connectivity index (χ4n) is 4.81. The van der Waals surface area contributed by atoms with E-state index in [2.05, 4.69) is 25.9 Å². The third kappa shape index (κ3) is 7.22. The zero-order valence-electron chi connectivity index (χ0n) is 21.8. The maximum Gasteiger partial charge on any atom is 0.335 e. The van der Waals surface area contributed by atoms with Crippen molar-refractivity contribution in [3.05, 3.63) is 58.9 Å². The van der Waals surface area contributed by atoms with Crippen LogP contribution in [0.15, 0.2) is 36.7 Å². The van der Waals surface area contributed by atoms with E-state index in [0.29, 0.717) is 23.5 Å². The van der Waals surface area contributed by atoms with Gasteiger partial charge in [0.05, 0.1) is 39.6 Å². The maximum atomic E-state index is 13.1. The van der Waals surface area contributed by atoms with Gasteiger partial charge in [0, 0.05) is 25.2 Å². The monoisotopic (exact) mass is 549 g/mol. The highest BCUT2D eigenvalue weighted by molar-refractivity contribution is 6.10. The van der Waals surface area contributed by atoms with Gasteiger partial charge in [0.15, 0.2) is 0 Å². The molecule has 210 valence electrons. The third-order valence-electron chi connectivity index (χ3n) is 6.92. The SMILES string of the molecule is O=C(CCNC(=O)c1cc2nc[nH]c2cc1C(=O)NCC1CCCCCC1)Nc1cc(C(=O)O)cc(C(=O)O)c1. The first-order valence-electron chi connectivity index (χ1n) is 13.2. The summed E-state index contributed by atoms with van der Waals surface area (Å²) in [5.41, 5.74) is 0.864. The number of rotatable bonds is 10. The van der Waals surface area contributed by atoms with E-state index in [4.69, 9.17) is 0 Å². The summed E-state index contributed by atoms with van der Waals surface area (Å²) < 4.78 is 0. The minimum atomic E-state index is -1.34. The molecular formula is C28H31N5O7. The van der Waals surface area contributed by atoms with E-state index < -0.39 is 23.8 Å².